The molecular weight excluding hydrogens is 603 g/mol. The molecule has 6 heteroatoms. The minimum atomic E-state index is -0.278. The first-order valence-electron chi connectivity index (χ1n) is 16.5. The first-order valence-corrected chi connectivity index (χ1v) is 16.5. The minimum absolute atomic E-state index is 0.278. The minimum Gasteiger partial charge on any atom is -0.435 e. The Balaban J connectivity index is 1.18. The molecular formula is C43H29N5O. The molecule has 0 fully saturated rings. The van der Waals surface area contributed by atoms with Gasteiger partial charge in [-0.3, -0.25) is 4.57 Å². The molecule has 6 aromatic carbocycles. The van der Waals surface area contributed by atoms with Crippen LogP contribution in [0.15, 0.2) is 144 Å². The molecule has 0 spiro atoms. The standard InChI is InChI=1S/C43H29N5O/c1-43(2)32-23-24-34-38(49-41(44-34)27-15-7-4-8-16-27)37(32)31-22-21-28(25-33(31)43)40-45-39(26-13-5-3-6-14-26)46-42(47-40)48-35-19-11-9-17-29(35)30-18-10-12-20-36(30)48/h3-25H,1-2H3. The summed E-state index contributed by atoms with van der Waals surface area (Å²) >= 11 is 0. The maximum atomic E-state index is 6.51. The largest absolute Gasteiger partial charge is 0.435 e. The summed E-state index contributed by atoms with van der Waals surface area (Å²) in [5, 5.41) is 2.32. The smallest absolute Gasteiger partial charge is 0.238 e. The summed E-state index contributed by atoms with van der Waals surface area (Å²) in [6, 6.07) is 47.9. The third-order valence-corrected chi connectivity index (χ3v) is 9.91. The lowest BCUT2D eigenvalue weighted by molar-refractivity contribution is 0.618. The second-order valence-electron chi connectivity index (χ2n) is 13.1. The van der Waals surface area contributed by atoms with E-state index in [-0.39, 0.29) is 5.41 Å². The summed E-state index contributed by atoms with van der Waals surface area (Å²) in [5.74, 6) is 2.46. The van der Waals surface area contributed by atoms with Gasteiger partial charge in [0.25, 0.3) is 0 Å². The molecule has 0 unspecified atom stereocenters. The lowest BCUT2D eigenvalue weighted by Crippen LogP contribution is -2.15. The summed E-state index contributed by atoms with van der Waals surface area (Å²) in [6.45, 7) is 4.54. The fraction of sp³-hybridized carbons (Fsp3) is 0.0698. The molecule has 0 bridgehead atoms. The van der Waals surface area contributed by atoms with Crippen LogP contribution >= 0.6 is 0 Å². The van der Waals surface area contributed by atoms with Gasteiger partial charge in [-0.1, -0.05) is 117 Å². The van der Waals surface area contributed by atoms with Gasteiger partial charge in [-0.25, -0.2) is 9.97 Å². The zero-order chi connectivity index (χ0) is 32.7. The summed E-state index contributed by atoms with van der Waals surface area (Å²) in [5.41, 5.74) is 11.0. The van der Waals surface area contributed by atoms with Gasteiger partial charge >= 0.3 is 0 Å². The van der Waals surface area contributed by atoms with E-state index in [2.05, 4.69) is 97.3 Å². The molecule has 9 aromatic rings. The van der Waals surface area contributed by atoms with Gasteiger partial charge in [0.2, 0.25) is 11.8 Å². The highest BCUT2D eigenvalue weighted by Crippen LogP contribution is 2.52. The molecule has 6 nitrogen and oxygen atoms in total. The van der Waals surface area contributed by atoms with E-state index in [9.17, 15) is 0 Å². The predicted molar refractivity (Wildman–Crippen MR) is 196 cm³/mol. The van der Waals surface area contributed by atoms with Gasteiger partial charge in [0.15, 0.2) is 17.2 Å². The number of rotatable bonds is 4. The second kappa shape index (κ2) is 10.3. The molecule has 0 saturated heterocycles. The quantitative estimate of drug-likeness (QED) is 0.193. The van der Waals surface area contributed by atoms with E-state index in [0.29, 0.717) is 23.5 Å². The predicted octanol–water partition coefficient (Wildman–Crippen LogP) is 10.4. The number of para-hydroxylation sites is 2. The fourth-order valence-electron chi connectivity index (χ4n) is 7.50. The van der Waals surface area contributed by atoms with Gasteiger partial charge in [-0.15, -0.1) is 0 Å². The molecule has 232 valence electrons. The van der Waals surface area contributed by atoms with Crippen molar-refractivity contribution in [2.24, 2.45) is 0 Å². The van der Waals surface area contributed by atoms with Gasteiger partial charge in [0, 0.05) is 38.4 Å². The third-order valence-electron chi connectivity index (χ3n) is 9.91. The summed E-state index contributed by atoms with van der Waals surface area (Å²) in [7, 11) is 0. The van der Waals surface area contributed by atoms with Crippen molar-refractivity contribution >= 4 is 32.9 Å². The molecule has 0 saturated carbocycles. The van der Waals surface area contributed by atoms with Crippen molar-refractivity contribution in [1.82, 2.24) is 24.5 Å². The second-order valence-corrected chi connectivity index (χ2v) is 13.1. The SMILES string of the molecule is CC1(C)c2cc(-c3nc(-c4ccccc4)nc(-n4c5ccccc5c5ccccc54)n3)ccc2-c2c1ccc1nc(-c3ccccc3)oc21. The first kappa shape index (κ1) is 27.7. The zero-order valence-electron chi connectivity index (χ0n) is 26.9. The van der Waals surface area contributed by atoms with E-state index in [0.717, 1.165) is 60.7 Å². The van der Waals surface area contributed by atoms with E-state index in [1.165, 1.54) is 11.1 Å². The van der Waals surface area contributed by atoms with Gasteiger partial charge in [-0.05, 0) is 53.1 Å². The van der Waals surface area contributed by atoms with Crippen molar-refractivity contribution in [2.45, 2.75) is 19.3 Å². The topological polar surface area (TPSA) is 69.6 Å². The number of fused-ring (bicyclic) bond motifs is 8. The summed E-state index contributed by atoms with van der Waals surface area (Å²) in [4.78, 5) is 20.2. The highest BCUT2D eigenvalue weighted by atomic mass is 16.3. The highest BCUT2D eigenvalue weighted by molar-refractivity contribution is 6.09. The average molecular weight is 632 g/mol. The number of hydrogen-bond donors (Lipinski definition) is 0. The molecule has 0 N–H and O–H groups in total. The number of nitrogens with zero attached hydrogens (tertiary/aromatic N) is 5. The van der Waals surface area contributed by atoms with Crippen LogP contribution in [0, 0.1) is 0 Å². The molecule has 3 aromatic heterocycles. The van der Waals surface area contributed by atoms with Crippen molar-refractivity contribution in [3.05, 3.63) is 151 Å². The summed E-state index contributed by atoms with van der Waals surface area (Å²) in [6.07, 6.45) is 0. The molecule has 49 heavy (non-hydrogen) atoms. The molecule has 1 aliphatic carbocycles. The Morgan fingerprint density at radius 3 is 1.84 bits per heavy atom. The van der Waals surface area contributed by atoms with Gasteiger partial charge in [0.05, 0.1) is 11.0 Å². The molecule has 1 aliphatic rings. The first-order chi connectivity index (χ1) is 24.0. The van der Waals surface area contributed by atoms with E-state index < -0.39 is 0 Å². The lowest BCUT2D eigenvalue weighted by Gasteiger charge is -2.21. The summed E-state index contributed by atoms with van der Waals surface area (Å²) < 4.78 is 8.66. The van der Waals surface area contributed by atoms with Crippen LogP contribution in [0.1, 0.15) is 25.0 Å². The van der Waals surface area contributed by atoms with Crippen LogP contribution in [0.25, 0.3) is 84.2 Å². The Kier molecular flexibility index (Phi) is 5.82. The number of oxazole rings is 1. The van der Waals surface area contributed by atoms with Crippen LogP contribution < -0.4 is 0 Å². The molecule has 0 radical (unpaired) electrons. The van der Waals surface area contributed by atoms with Crippen LogP contribution in [0.5, 0.6) is 0 Å². The maximum absolute atomic E-state index is 6.51. The Labute approximate surface area is 282 Å². The number of benzene rings is 6. The van der Waals surface area contributed by atoms with Crippen LogP contribution in [-0.4, -0.2) is 24.5 Å². The average Bonchev–Trinajstić information content (AvgIpc) is 3.81. The van der Waals surface area contributed by atoms with Gasteiger partial charge in [0.1, 0.15) is 5.52 Å². The van der Waals surface area contributed by atoms with E-state index in [1.807, 2.05) is 60.7 Å². The van der Waals surface area contributed by atoms with Crippen LogP contribution in [0.2, 0.25) is 0 Å². The van der Waals surface area contributed by atoms with E-state index >= 15 is 0 Å². The van der Waals surface area contributed by atoms with E-state index in [4.69, 9.17) is 24.4 Å². The maximum Gasteiger partial charge on any atom is 0.238 e. The van der Waals surface area contributed by atoms with Crippen LogP contribution in [0.4, 0.5) is 0 Å². The molecule has 0 amide bonds. The fourth-order valence-corrected chi connectivity index (χ4v) is 7.50. The number of aromatic nitrogens is 5. The van der Waals surface area contributed by atoms with Crippen LogP contribution in [0.3, 0.4) is 0 Å². The molecule has 3 heterocycles. The van der Waals surface area contributed by atoms with Crippen molar-refractivity contribution in [3.63, 3.8) is 0 Å². The van der Waals surface area contributed by atoms with E-state index in [1.54, 1.807) is 0 Å². The normalized spacial score (nSPS) is 13.3. The van der Waals surface area contributed by atoms with Crippen LogP contribution in [-0.2, 0) is 5.41 Å². The Morgan fingerprint density at radius 1 is 0.531 bits per heavy atom. The van der Waals surface area contributed by atoms with Crippen molar-refractivity contribution < 1.29 is 4.42 Å². The van der Waals surface area contributed by atoms with Crippen molar-refractivity contribution in [1.29, 1.82) is 0 Å². The molecule has 0 aliphatic heterocycles. The van der Waals surface area contributed by atoms with Crippen molar-refractivity contribution in [3.8, 4) is 51.3 Å². The highest BCUT2D eigenvalue weighted by Gasteiger charge is 2.38. The zero-order valence-corrected chi connectivity index (χ0v) is 26.9. The van der Waals surface area contributed by atoms with Crippen molar-refractivity contribution in [2.75, 3.05) is 0 Å². The Hall–Kier alpha value is -6.40. The third kappa shape index (κ3) is 4.14. The van der Waals surface area contributed by atoms with Gasteiger partial charge in [-0.2, -0.15) is 9.97 Å². The monoisotopic (exact) mass is 631 g/mol. The molecule has 10 rings (SSSR count). The lowest BCUT2D eigenvalue weighted by atomic mass is 9.82. The molecule has 0 atom stereocenters. The Bertz CT molecular complexity index is 2690. The van der Waals surface area contributed by atoms with Gasteiger partial charge < -0.3 is 4.42 Å². The Morgan fingerprint density at radius 2 is 1.14 bits per heavy atom. The number of hydrogen-bond acceptors (Lipinski definition) is 5.